The molecular weight excluding hydrogens is 460 g/mol. The smallest absolute Gasteiger partial charge is 0.243 e. The highest BCUT2D eigenvalue weighted by molar-refractivity contribution is 6.30. The van der Waals surface area contributed by atoms with Crippen molar-refractivity contribution in [1.29, 1.82) is 0 Å². The van der Waals surface area contributed by atoms with Crippen LogP contribution in [0.15, 0.2) is 78.9 Å². The molecule has 3 aromatic rings. The van der Waals surface area contributed by atoms with Gasteiger partial charge in [0.25, 0.3) is 0 Å². The number of halogens is 1. The Balaban J connectivity index is 1.94. The molecule has 0 aliphatic heterocycles. The third kappa shape index (κ3) is 8.15. The van der Waals surface area contributed by atoms with Crippen LogP contribution >= 0.6 is 11.6 Å². The summed E-state index contributed by atoms with van der Waals surface area (Å²) < 4.78 is 5.38. The maximum absolute atomic E-state index is 13.7. The Hall–Kier alpha value is -3.31. The minimum Gasteiger partial charge on any atom is -0.497 e. The van der Waals surface area contributed by atoms with Crippen LogP contribution in [0.2, 0.25) is 5.02 Å². The van der Waals surface area contributed by atoms with Crippen molar-refractivity contribution < 1.29 is 14.3 Å². The lowest BCUT2D eigenvalue weighted by Crippen LogP contribution is -2.51. The zero-order chi connectivity index (χ0) is 25.0. The van der Waals surface area contributed by atoms with Crippen molar-refractivity contribution in [2.24, 2.45) is 0 Å². The zero-order valence-electron chi connectivity index (χ0n) is 20.4. The van der Waals surface area contributed by atoms with E-state index in [2.05, 4.69) is 12.2 Å². The van der Waals surface area contributed by atoms with Gasteiger partial charge in [-0.05, 0) is 47.4 Å². The molecule has 0 fully saturated rings. The molecule has 5 nitrogen and oxygen atoms in total. The molecule has 0 spiro atoms. The Morgan fingerprint density at radius 1 is 0.943 bits per heavy atom. The molecule has 2 amide bonds. The van der Waals surface area contributed by atoms with Gasteiger partial charge < -0.3 is 15.0 Å². The van der Waals surface area contributed by atoms with Gasteiger partial charge in [0, 0.05) is 24.5 Å². The number of nitrogens with zero attached hydrogens (tertiary/aromatic N) is 1. The molecule has 3 aromatic carbocycles. The monoisotopic (exact) mass is 492 g/mol. The average molecular weight is 493 g/mol. The first kappa shape index (κ1) is 26.3. The van der Waals surface area contributed by atoms with Crippen molar-refractivity contribution in [3.63, 3.8) is 0 Å². The third-order valence-corrected chi connectivity index (χ3v) is 6.11. The van der Waals surface area contributed by atoms with Crippen LogP contribution < -0.4 is 10.1 Å². The first-order valence-corrected chi connectivity index (χ1v) is 12.4. The van der Waals surface area contributed by atoms with Gasteiger partial charge in [0.05, 0.1) is 13.5 Å². The number of amides is 2. The average Bonchev–Trinajstić information content (AvgIpc) is 2.88. The van der Waals surface area contributed by atoms with Gasteiger partial charge in [0.2, 0.25) is 11.8 Å². The van der Waals surface area contributed by atoms with Crippen LogP contribution in [0.4, 0.5) is 0 Å². The van der Waals surface area contributed by atoms with E-state index in [1.807, 2.05) is 66.7 Å². The van der Waals surface area contributed by atoms with E-state index >= 15 is 0 Å². The van der Waals surface area contributed by atoms with Gasteiger partial charge >= 0.3 is 0 Å². The quantitative estimate of drug-likeness (QED) is 0.342. The predicted octanol–water partition coefficient (Wildman–Crippen LogP) is 5.45. The number of ether oxygens (including phenoxy) is 1. The molecule has 3 rings (SSSR count). The van der Waals surface area contributed by atoms with E-state index in [1.165, 1.54) is 0 Å². The van der Waals surface area contributed by atoms with Crippen molar-refractivity contribution in [3.05, 3.63) is 101 Å². The van der Waals surface area contributed by atoms with Crippen molar-refractivity contribution >= 4 is 23.4 Å². The van der Waals surface area contributed by atoms with Gasteiger partial charge in [-0.3, -0.25) is 9.59 Å². The second-order valence-corrected chi connectivity index (χ2v) is 8.96. The number of benzene rings is 3. The molecule has 0 heterocycles. The molecule has 6 heteroatoms. The molecule has 35 heavy (non-hydrogen) atoms. The second-order valence-electron chi connectivity index (χ2n) is 8.53. The predicted molar refractivity (Wildman–Crippen MR) is 141 cm³/mol. The number of carbonyl (C=O) groups is 2. The Morgan fingerprint density at radius 3 is 2.34 bits per heavy atom. The summed E-state index contributed by atoms with van der Waals surface area (Å²) in [6, 6.07) is 24.0. The highest BCUT2D eigenvalue weighted by atomic mass is 35.5. The summed E-state index contributed by atoms with van der Waals surface area (Å²) >= 11 is 6.03. The first-order chi connectivity index (χ1) is 17.0. The van der Waals surface area contributed by atoms with Gasteiger partial charge in [-0.15, -0.1) is 0 Å². The molecule has 0 radical (unpaired) electrons. The fourth-order valence-corrected chi connectivity index (χ4v) is 4.03. The largest absolute Gasteiger partial charge is 0.497 e. The maximum atomic E-state index is 13.7. The molecule has 1 atom stereocenters. The molecule has 1 N–H and O–H groups in total. The first-order valence-electron chi connectivity index (χ1n) is 12.0. The minimum absolute atomic E-state index is 0.123. The molecular formula is C29H33ClN2O3. The van der Waals surface area contributed by atoms with E-state index in [4.69, 9.17) is 16.3 Å². The summed E-state index contributed by atoms with van der Waals surface area (Å²) in [5, 5.41) is 3.66. The maximum Gasteiger partial charge on any atom is 0.243 e. The topological polar surface area (TPSA) is 58.6 Å². The summed E-state index contributed by atoms with van der Waals surface area (Å²) in [4.78, 5) is 28.8. The van der Waals surface area contributed by atoms with Crippen molar-refractivity contribution in [3.8, 4) is 5.75 Å². The SMILES string of the molecule is CCCCNC(=O)[C@H](Cc1ccccc1)N(Cc1cccc(OC)c1)C(=O)Cc1ccc(Cl)cc1. The number of hydrogen-bond donors (Lipinski definition) is 1. The molecule has 0 unspecified atom stereocenters. The molecule has 0 aromatic heterocycles. The summed E-state index contributed by atoms with van der Waals surface area (Å²) in [5.41, 5.74) is 2.74. The Labute approximate surface area is 213 Å². The molecule has 0 aliphatic rings. The summed E-state index contributed by atoms with van der Waals surface area (Å²) in [6.45, 7) is 2.96. The normalized spacial score (nSPS) is 11.5. The second kappa shape index (κ2) is 13.5. The minimum atomic E-state index is -0.653. The van der Waals surface area contributed by atoms with Crippen LogP contribution in [0.1, 0.15) is 36.5 Å². The van der Waals surface area contributed by atoms with Gasteiger partial charge in [-0.1, -0.05) is 79.5 Å². The van der Waals surface area contributed by atoms with Crippen LogP contribution in [0.25, 0.3) is 0 Å². The number of hydrogen-bond acceptors (Lipinski definition) is 3. The Kier molecular flexibility index (Phi) is 10.2. The van der Waals surface area contributed by atoms with Crippen molar-refractivity contribution in [1.82, 2.24) is 10.2 Å². The Morgan fingerprint density at radius 2 is 1.66 bits per heavy atom. The zero-order valence-corrected chi connectivity index (χ0v) is 21.1. The number of rotatable bonds is 12. The van der Waals surface area contributed by atoms with Crippen LogP contribution in [0.3, 0.4) is 0 Å². The molecule has 0 saturated heterocycles. The van der Waals surface area contributed by atoms with E-state index in [0.29, 0.717) is 30.3 Å². The fourth-order valence-electron chi connectivity index (χ4n) is 3.91. The van der Waals surface area contributed by atoms with E-state index in [9.17, 15) is 9.59 Å². The lowest BCUT2D eigenvalue weighted by Gasteiger charge is -2.32. The van der Waals surface area contributed by atoms with E-state index in [-0.39, 0.29) is 18.2 Å². The number of methoxy groups -OCH3 is 1. The van der Waals surface area contributed by atoms with Crippen molar-refractivity contribution in [2.45, 2.75) is 45.2 Å². The van der Waals surface area contributed by atoms with E-state index in [1.54, 1.807) is 24.1 Å². The van der Waals surface area contributed by atoms with Crippen molar-refractivity contribution in [2.75, 3.05) is 13.7 Å². The van der Waals surface area contributed by atoms with Gasteiger partial charge in [0.1, 0.15) is 11.8 Å². The highest BCUT2D eigenvalue weighted by Crippen LogP contribution is 2.20. The van der Waals surface area contributed by atoms with Gasteiger partial charge in [0.15, 0.2) is 0 Å². The lowest BCUT2D eigenvalue weighted by atomic mass is 10.0. The number of carbonyl (C=O) groups excluding carboxylic acids is 2. The highest BCUT2D eigenvalue weighted by Gasteiger charge is 2.30. The molecule has 0 bridgehead atoms. The standard InChI is InChI=1S/C29H33ClN2O3/c1-3-4-17-31-29(34)27(19-22-9-6-5-7-10-22)32(21-24-11-8-12-26(18-24)35-2)28(33)20-23-13-15-25(30)16-14-23/h5-16,18,27H,3-4,17,19-21H2,1-2H3,(H,31,34)/t27-/m0/s1. The number of nitrogens with one attached hydrogen (secondary N) is 1. The summed E-state index contributed by atoms with van der Waals surface area (Å²) in [6.07, 6.45) is 2.47. The summed E-state index contributed by atoms with van der Waals surface area (Å²) in [7, 11) is 1.61. The van der Waals surface area contributed by atoms with E-state index in [0.717, 1.165) is 29.5 Å². The molecule has 0 aliphatic carbocycles. The number of unbranched alkanes of at least 4 members (excludes halogenated alkanes) is 1. The molecule has 0 saturated carbocycles. The summed E-state index contributed by atoms with van der Waals surface area (Å²) in [5.74, 6) is 0.441. The van der Waals surface area contributed by atoms with Gasteiger partial charge in [-0.2, -0.15) is 0 Å². The molecule has 184 valence electrons. The third-order valence-electron chi connectivity index (χ3n) is 5.86. The van der Waals surface area contributed by atoms with Crippen LogP contribution in [0, 0.1) is 0 Å². The van der Waals surface area contributed by atoms with E-state index < -0.39 is 6.04 Å². The lowest BCUT2D eigenvalue weighted by molar-refractivity contribution is -0.140. The van der Waals surface area contributed by atoms with Crippen LogP contribution in [-0.4, -0.2) is 36.4 Å². The van der Waals surface area contributed by atoms with Crippen LogP contribution in [-0.2, 0) is 29.0 Å². The van der Waals surface area contributed by atoms with Gasteiger partial charge in [-0.25, -0.2) is 0 Å². The Bertz CT molecular complexity index is 1090. The van der Waals surface area contributed by atoms with Crippen LogP contribution in [0.5, 0.6) is 5.75 Å². The fraction of sp³-hybridized carbons (Fsp3) is 0.310.